The fraction of sp³-hybridized carbons (Fsp3) is 0.0870. The lowest BCUT2D eigenvalue weighted by molar-refractivity contribution is -0.384. The van der Waals surface area contributed by atoms with Gasteiger partial charge in [-0.2, -0.15) is 5.10 Å². The van der Waals surface area contributed by atoms with Gasteiger partial charge < -0.3 is 9.47 Å². The largest absolute Gasteiger partial charge is 0.494 e. The van der Waals surface area contributed by atoms with Crippen LogP contribution in [0, 0.1) is 10.1 Å². The van der Waals surface area contributed by atoms with Crippen molar-refractivity contribution in [3.05, 3.63) is 98.0 Å². The van der Waals surface area contributed by atoms with Crippen LogP contribution >= 0.6 is 15.9 Å². The lowest BCUT2D eigenvalue weighted by atomic mass is 10.2. The summed E-state index contributed by atoms with van der Waals surface area (Å²) in [5.41, 5.74) is 2.93. The maximum absolute atomic E-state index is 12.5. The van der Waals surface area contributed by atoms with Gasteiger partial charge in [-0.05, 0) is 55.5 Å². The third-order valence-electron chi connectivity index (χ3n) is 4.26. The number of benzene rings is 3. The van der Waals surface area contributed by atoms with Crippen LogP contribution < -0.4 is 14.9 Å². The molecule has 33 heavy (non-hydrogen) atoms. The number of nitro groups is 1. The number of amides is 1. The van der Waals surface area contributed by atoms with Crippen molar-refractivity contribution >= 4 is 39.7 Å². The summed E-state index contributed by atoms with van der Waals surface area (Å²) in [6, 6.07) is 16.7. The zero-order valence-corrected chi connectivity index (χ0v) is 18.9. The zero-order valence-electron chi connectivity index (χ0n) is 17.4. The van der Waals surface area contributed by atoms with Crippen molar-refractivity contribution in [1.29, 1.82) is 0 Å². The molecule has 3 aromatic carbocycles. The number of carbonyl (C=O) groups excluding carboxylic acids is 2. The minimum absolute atomic E-state index is 0.0812. The molecule has 9 nitrogen and oxygen atoms in total. The number of nitrogens with one attached hydrogen (secondary N) is 1. The molecule has 0 aromatic heterocycles. The maximum Gasteiger partial charge on any atom is 0.343 e. The lowest BCUT2D eigenvalue weighted by Gasteiger charge is -2.09. The summed E-state index contributed by atoms with van der Waals surface area (Å²) < 4.78 is 11.6. The number of nitrogens with zero attached hydrogens (tertiary/aromatic N) is 2. The smallest absolute Gasteiger partial charge is 0.343 e. The van der Waals surface area contributed by atoms with Crippen molar-refractivity contribution in [1.82, 2.24) is 5.43 Å². The fourth-order valence-corrected chi connectivity index (χ4v) is 3.09. The Kier molecular flexibility index (Phi) is 7.87. The van der Waals surface area contributed by atoms with Crippen molar-refractivity contribution in [3.8, 4) is 11.5 Å². The Bertz CT molecular complexity index is 1210. The second-order valence-electron chi connectivity index (χ2n) is 6.54. The van der Waals surface area contributed by atoms with Crippen LogP contribution in [0.2, 0.25) is 0 Å². The van der Waals surface area contributed by atoms with Crippen molar-refractivity contribution in [2.24, 2.45) is 5.10 Å². The number of hydrogen-bond donors (Lipinski definition) is 1. The average molecular weight is 512 g/mol. The monoisotopic (exact) mass is 511 g/mol. The van der Waals surface area contributed by atoms with E-state index in [2.05, 4.69) is 26.5 Å². The molecule has 1 N–H and O–H groups in total. The number of halogens is 1. The predicted molar refractivity (Wildman–Crippen MR) is 125 cm³/mol. The van der Waals surface area contributed by atoms with Crippen LogP contribution in [-0.4, -0.2) is 29.6 Å². The molecular weight excluding hydrogens is 494 g/mol. The van der Waals surface area contributed by atoms with Crippen molar-refractivity contribution in [3.63, 3.8) is 0 Å². The number of hydrogen-bond acceptors (Lipinski definition) is 7. The van der Waals surface area contributed by atoms with Gasteiger partial charge in [0, 0.05) is 27.7 Å². The first-order chi connectivity index (χ1) is 15.9. The summed E-state index contributed by atoms with van der Waals surface area (Å²) in [7, 11) is 0. The molecule has 0 spiro atoms. The molecule has 0 aliphatic heterocycles. The Morgan fingerprint density at radius 3 is 2.55 bits per heavy atom. The topological polar surface area (TPSA) is 120 Å². The van der Waals surface area contributed by atoms with E-state index in [9.17, 15) is 19.7 Å². The van der Waals surface area contributed by atoms with Crippen LogP contribution in [-0.2, 0) is 0 Å². The van der Waals surface area contributed by atoms with Crippen LogP contribution in [0.1, 0.15) is 33.2 Å². The molecule has 0 saturated carbocycles. The van der Waals surface area contributed by atoms with Crippen LogP contribution in [0.4, 0.5) is 5.69 Å². The molecule has 0 aliphatic carbocycles. The zero-order chi connectivity index (χ0) is 23.8. The van der Waals surface area contributed by atoms with Crippen molar-refractivity contribution < 1.29 is 24.0 Å². The highest BCUT2D eigenvalue weighted by Gasteiger charge is 2.13. The molecular formula is C23H18BrN3O6. The number of ether oxygens (including phenoxy) is 2. The summed E-state index contributed by atoms with van der Waals surface area (Å²) in [6.45, 7) is 2.38. The van der Waals surface area contributed by atoms with Crippen molar-refractivity contribution in [2.75, 3.05) is 6.61 Å². The first kappa shape index (κ1) is 23.6. The number of non-ortho nitro benzene ring substituents is 1. The van der Waals surface area contributed by atoms with Gasteiger partial charge in [0.2, 0.25) is 0 Å². The highest BCUT2D eigenvalue weighted by molar-refractivity contribution is 9.10. The van der Waals surface area contributed by atoms with Gasteiger partial charge in [0.1, 0.15) is 11.5 Å². The van der Waals surface area contributed by atoms with Crippen LogP contribution in [0.25, 0.3) is 0 Å². The Morgan fingerprint density at radius 1 is 1.09 bits per heavy atom. The highest BCUT2D eigenvalue weighted by atomic mass is 79.9. The summed E-state index contributed by atoms with van der Waals surface area (Å²) in [6.07, 6.45) is 1.31. The Labute approximate surface area is 197 Å². The summed E-state index contributed by atoms with van der Waals surface area (Å²) in [5.74, 6) is -0.330. The van der Waals surface area contributed by atoms with Crippen molar-refractivity contribution in [2.45, 2.75) is 6.92 Å². The van der Waals surface area contributed by atoms with Gasteiger partial charge in [-0.15, -0.1) is 0 Å². The first-order valence-corrected chi connectivity index (χ1v) is 10.5. The molecule has 168 valence electrons. The van der Waals surface area contributed by atoms with E-state index >= 15 is 0 Å². The third kappa shape index (κ3) is 6.47. The van der Waals surface area contributed by atoms with E-state index in [-0.39, 0.29) is 17.0 Å². The Balaban J connectivity index is 1.72. The third-order valence-corrected chi connectivity index (χ3v) is 4.76. The Morgan fingerprint density at radius 2 is 1.85 bits per heavy atom. The van der Waals surface area contributed by atoms with E-state index in [4.69, 9.17) is 9.47 Å². The number of carbonyl (C=O) groups is 2. The number of hydrazone groups is 1. The average Bonchev–Trinajstić information content (AvgIpc) is 2.81. The van der Waals surface area contributed by atoms with E-state index in [0.717, 1.165) is 6.07 Å². The molecule has 0 heterocycles. The number of rotatable bonds is 8. The minimum atomic E-state index is -0.627. The molecule has 0 bridgehead atoms. The van der Waals surface area contributed by atoms with Gasteiger partial charge in [-0.25, -0.2) is 10.2 Å². The van der Waals surface area contributed by atoms with Crippen LogP contribution in [0.5, 0.6) is 11.5 Å². The molecule has 3 aromatic rings. The van der Waals surface area contributed by atoms with Gasteiger partial charge in [0.05, 0.1) is 23.3 Å². The molecule has 0 aliphatic rings. The molecule has 10 heteroatoms. The molecule has 0 saturated heterocycles. The highest BCUT2D eigenvalue weighted by Crippen LogP contribution is 2.23. The molecule has 1 amide bonds. The summed E-state index contributed by atoms with van der Waals surface area (Å²) >= 11 is 3.34. The molecule has 0 radical (unpaired) electrons. The number of nitro benzene ring substituents is 1. The quantitative estimate of drug-likeness (QED) is 0.153. The van der Waals surface area contributed by atoms with E-state index < -0.39 is 16.8 Å². The van der Waals surface area contributed by atoms with E-state index in [1.807, 2.05) is 6.92 Å². The summed E-state index contributed by atoms with van der Waals surface area (Å²) in [4.78, 5) is 35.1. The SMILES string of the molecule is CCOc1ccc(C(=O)Oc2ccc(Br)cc2/C=N\NC(=O)c2cccc([N+](=O)[O-])c2)cc1. The maximum atomic E-state index is 12.5. The van der Waals surface area contributed by atoms with E-state index in [0.29, 0.717) is 28.0 Å². The second kappa shape index (κ2) is 11.0. The normalized spacial score (nSPS) is 10.6. The van der Waals surface area contributed by atoms with Gasteiger partial charge in [-0.3, -0.25) is 14.9 Å². The Hall–Kier alpha value is -4.05. The molecule has 0 unspecified atom stereocenters. The molecule has 0 fully saturated rings. The van der Waals surface area contributed by atoms with E-state index in [1.165, 1.54) is 24.4 Å². The number of esters is 1. The minimum Gasteiger partial charge on any atom is -0.494 e. The molecule has 3 rings (SSSR count). The lowest BCUT2D eigenvalue weighted by Crippen LogP contribution is -2.18. The van der Waals surface area contributed by atoms with Gasteiger partial charge in [-0.1, -0.05) is 22.0 Å². The summed E-state index contributed by atoms with van der Waals surface area (Å²) in [5, 5.41) is 14.8. The second-order valence-corrected chi connectivity index (χ2v) is 7.45. The van der Waals surface area contributed by atoms with Crippen LogP contribution in [0.15, 0.2) is 76.3 Å². The van der Waals surface area contributed by atoms with E-state index in [1.54, 1.807) is 42.5 Å². The van der Waals surface area contributed by atoms with Gasteiger partial charge in [0.25, 0.3) is 11.6 Å². The van der Waals surface area contributed by atoms with Gasteiger partial charge in [0.15, 0.2) is 0 Å². The van der Waals surface area contributed by atoms with Gasteiger partial charge >= 0.3 is 5.97 Å². The fourth-order valence-electron chi connectivity index (χ4n) is 2.71. The molecule has 0 atom stereocenters. The van der Waals surface area contributed by atoms with Crippen LogP contribution in [0.3, 0.4) is 0 Å². The predicted octanol–water partition coefficient (Wildman–Crippen LogP) is 4.74. The standard InChI is InChI=1S/C23H18BrN3O6/c1-2-32-20-9-6-15(7-10-20)23(29)33-21-11-8-18(24)12-17(21)14-25-26-22(28)16-4-3-5-19(13-16)27(30)31/h3-14H,2H2,1H3,(H,26,28)/b25-14-. The first-order valence-electron chi connectivity index (χ1n) is 9.70.